The SMILES string of the molecule is O=C(Nc1nc2c(s1)CCCC2C(=O)NCCC(c1ccccc1)c1ccccc1)c1ccc(Cl)cc1. The van der Waals surface area contributed by atoms with E-state index in [1.165, 1.54) is 22.5 Å². The highest BCUT2D eigenvalue weighted by Crippen LogP contribution is 2.37. The zero-order valence-electron chi connectivity index (χ0n) is 20.3. The van der Waals surface area contributed by atoms with Crippen LogP contribution in [0.25, 0.3) is 0 Å². The summed E-state index contributed by atoms with van der Waals surface area (Å²) in [5.41, 5.74) is 3.79. The lowest BCUT2D eigenvalue weighted by Crippen LogP contribution is -2.32. The fourth-order valence-corrected chi connectivity index (χ4v) is 6.04. The molecule has 1 aliphatic rings. The Bertz CT molecular complexity index is 1320. The van der Waals surface area contributed by atoms with Gasteiger partial charge in [-0.2, -0.15) is 0 Å². The minimum atomic E-state index is -0.298. The predicted molar refractivity (Wildman–Crippen MR) is 150 cm³/mol. The largest absolute Gasteiger partial charge is 0.355 e. The van der Waals surface area contributed by atoms with E-state index in [0.717, 1.165) is 36.3 Å². The molecular weight excluding hydrogens is 502 g/mol. The quantitative estimate of drug-likeness (QED) is 0.263. The van der Waals surface area contributed by atoms with Crippen LogP contribution in [-0.4, -0.2) is 23.3 Å². The Morgan fingerprint density at radius 2 is 1.59 bits per heavy atom. The predicted octanol–water partition coefficient (Wildman–Crippen LogP) is 6.81. The molecule has 1 unspecified atom stereocenters. The number of carbonyl (C=O) groups is 2. The van der Waals surface area contributed by atoms with Crippen LogP contribution in [0, 0.1) is 0 Å². The second-order valence-electron chi connectivity index (χ2n) is 9.19. The maximum absolute atomic E-state index is 13.3. The van der Waals surface area contributed by atoms with E-state index in [0.29, 0.717) is 22.3 Å². The standard InChI is InChI=1S/C30H28ClN3O2S/c31-23-16-14-22(15-17-23)28(35)34-30-33-27-25(12-7-13-26(27)37-30)29(36)32-19-18-24(20-8-3-1-4-9-20)21-10-5-2-6-11-21/h1-6,8-11,14-17,24-25H,7,12-13,18-19H2,(H,32,36)(H,33,34,35). The topological polar surface area (TPSA) is 71.1 Å². The van der Waals surface area contributed by atoms with Crippen molar-refractivity contribution in [2.75, 3.05) is 11.9 Å². The van der Waals surface area contributed by atoms with Gasteiger partial charge in [-0.3, -0.25) is 14.9 Å². The molecule has 5 rings (SSSR count). The molecular formula is C30H28ClN3O2S. The summed E-state index contributed by atoms with van der Waals surface area (Å²) in [5, 5.41) is 7.16. The Morgan fingerprint density at radius 1 is 0.946 bits per heavy atom. The van der Waals surface area contributed by atoms with Gasteiger partial charge in [0.05, 0.1) is 11.6 Å². The van der Waals surface area contributed by atoms with Gasteiger partial charge in [-0.15, -0.1) is 11.3 Å². The Hall–Kier alpha value is -3.48. The number of amides is 2. The minimum Gasteiger partial charge on any atom is -0.355 e. The molecule has 2 amide bonds. The minimum absolute atomic E-state index is 0.00158. The van der Waals surface area contributed by atoms with Crippen LogP contribution in [-0.2, 0) is 11.2 Å². The molecule has 0 saturated carbocycles. The average molecular weight is 530 g/mol. The van der Waals surface area contributed by atoms with Gasteiger partial charge in [0.25, 0.3) is 5.91 Å². The van der Waals surface area contributed by atoms with Gasteiger partial charge in [-0.1, -0.05) is 72.3 Å². The van der Waals surface area contributed by atoms with Gasteiger partial charge in [0, 0.05) is 27.9 Å². The molecule has 7 heteroatoms. The maximum atomic E-state index is 13.3. The molecule has 37 heavy (non-hydrogen) atoms. The van der Waals surface area contributed by atoms with Crippen molar-refractivity contribution in [2.24, 2.45) is 0 Å². The van der Waals surface area contributed by atoms with Gasteiger partial charge in [-0.25, -0.2) is 4.98 Å². The van der Waals surface area contributed by atoms with Crippen LogP contribution in [0.3, 0.4) is 0 Å². The van der Waals surface area contributed by atoms with Crippen LogP contribution in [0.1, 0.15) is 63.2 Å². The first-order valence-electron chi connectivity index (χ1n) is 12.5. The van der Waals surface area contributed by atoms with Crippen LogP contribution in [0.5, 0.6) is 0 Å². The molecule has 0 bridgehead atoms. The smallest absolute Gasteiger partial charge is 0.257 e. The molecule has 3 aromatic carbocycles. The van der Waals surface area contributed by atoms with Gasteiger partial charge in [0.2, 0.25) is 5.91 Å². The molecule has 0 spiro atoms. The molecule has 0 radical (unpaired) electrons. The lowest BCUT2D eigenvalue weighted by molar-refractivity contribution is -0.122. The number of nitrogens with one attached hydrogen (secondary N) is 2. The number of aromatic nitrogens is 1. The fraction of sp³-hybridized carbons (Fsp3) is 0.233. The highest BCUT2D eigenvalue weighted by atomic mass is 35.5. The number of hydrogen-bond donors (Lipinski definition) is 2. The summed E-state index contributed by atoms with van der Waals surface area (Å²) in [6.45, 7) is 0.573. The monoisotopic (exact) mass is 529 g/mol. The third kappa shape index (κ3) is 6.09. The third-order valence-electron chi connectivity index (χ3n) is 6.73. The third-order valence-corrected chi connectivity index (χ3v) is 8.03. The number of carbonyl (C=O) groups excluding carboxylic acids is 2. The van der Waals surface area contributed by atoms with E-state index in [1.807, 2.05) is 12.1 Å². The number of nitrogens with zero attached hydrogens (tertiary/aromatic N) is 1. The first kappa shape index (κ1) is 25.2. The lowest BCUT2D eigenvalue weighted by Gasteiger charge is -2.22. The number of anilines is 1. The number of fused-ring (bicyclic) bond motifs is 1. The highest BCUT2D eigenvalue weighted by molar-refractivity contribution is 7.16. The molecule has 0 saturated heterocycles. The molecule has 188 valence electrons. The van der Waals surface area contributed by atoms with Crippen molar-refractivity contribution in [1.29, 1.82) is 0 Å². The number of benzene rings is 3. The van der Waals surface area contributed by atoms with Crippen molar-refractivity contribution in [3.63, 3.8) is 0 Å². The first-order valence-corrected chi connectivity index (χ1v) is 13.7. The summed E-state index contributed by atoms with van der Waals surface area (Å²) in [4.78, 5) is 31.6. The van der Waals surface area contributed by atoms with E-state index >= 15 is 0 Å². The summed E-state index contributed by atoms with van der Waals surface area (Å²) in [7, 11) is 0. The van der Waals surface area contributed by atoms with Crippen LogP contribution < -0.4 is 10.6 Å². The zero-order valence-corrected chi connectivity index (χ0v) is 21.9. The summed E-state index contributed by atoms with van der Waals surface area (Å²) in [5.74, 6) is -0.329. The van der Waals surface area contributed by atoms with E-state index in [2.05, 4.69) is 64.1 Å². The van der Waals surface area contributed by atoms with E-state index in [4.69, 9.17) is 11.6 Å². The molecule has 5 nitrogen and oxygen atoms in total. The zero-order chi connectivity index (χ0) is 25.6. The van der Waals surface area contributed by atoms with Crippen molar-refractivity contribution in [2.45, 2.75) is 37.5 Å². The summed E-state index contributed by atoms with van der Waals surface area (Å²) in [6, 6.07) is 27.6. The van der Waals surface area contributed by atoms with E-state index < -0.39 is 0 Å². The normalized spacial score (nSPS) is 14.7. The number of rotatable bonds is 8. The summed E-state index contributed by atoms with van der Waals surface area (Å²) >= 11 is 7.38. The number of aryl methyl sites for hydroxylation is 1. The summed E-state index contributed by atoms with van der Waals surface area (Å²) in [6.07, 6.45) is 3.36. The molecule has 4 aromatic rings. The lowest BCUT2D eigenvalue weighted by atomic mass is 9.88. The molecule has 1 atom stereocenters. The fourth-order valence-electron chi connectivity index (χ4n) is 4.86. The van der Waals surface area contributed by atoms with Crippen molar-refractivity contribution < 1.29 is 9.59 Å². The summed E-state index contributed by atoms with van der Waals surface area (Å²) < 4.78 is 0. The molecule has 0 aliphatic heterocycles. The van der Waals surface area contributed by atoms with Crippen LogP contribution in [0.15, 0.2) is 84.9 Å². The molecule has 1 heterocycles. The Morgan fingerprint density at radius 3 is 2.24 bits per heavy atom. The molecule has 0 fully saturated rings. The van der Waals surface area contributed by atoms with Crippen molar-refractivity contribution in [1.82, 2.24) is 10.3 Å². The second-order valence-corrected chi connectivity index (χ2v) is 10.7. The van der Waals surface area contributed by atoms with Crippen molar-refractivity contribution >= 4 is 39.9 Å². The van der Waals surface area contributed by atoms with Gasteiger partial charge in [0.1, 0.15) is 0 Å². The van der Waals surface area contributed by atoms with Crippen LogP contribution in [0.4, 0.5) is 5.13 Å². The first-order chi connectivity index (χ1) is 18.1. The number of halogens is 1. The highest BCUT2D eigenvalue weighted by Gasteiger charge is 2.30. The van der Waals surface area contributed by atoms with Gasteiger partial charge < -0.3 is 5.32 Å². The van der Waals surface area contributed by atoms with Crippen molar-refractivity contribution in [3.05, 3.63) is 117 Å². The van der Waals surface area contributed by atoms with Crippen LogP contribution in [0.2, 0.25) is 5.02 Å². The Labute approximate surface area is 225 Å². The second kappa shape index (κ2) is 11.7. The molecule has 1 aliphatic carbocycles. The van der Waals surface area contributed by atoms with Gasteiger partial charge in [0.15, 0.2) is 5.13 Å². The van der Waals surface area contributed by atoms with Crippen molar-refractivity contribution in [3.8, 4) is 0 Å². The molecule has 1 aromatic heterocycles. The van der Waals surface area contributed by atoms with E-state index in [-0.39, 0.29) is 23.7 Å². The Kier molecular flexibility index (Phi) is 7.97. The number of thiazole rings is 1. The molecule has 2 N–H and O–H groups in total. The van der Waals surface area contributed by atoms with Crippen LogP contribution >= 0.6 is 22.9 Å². The van der Waals surface area contributed by atoms with E-state index in [9.17, 15) is 9.59 Å². The van der Waals surface area contributed by atoms with Gasteiger partial charge in [-0.05, 0) is 61.1 Å². The maximum Gasteiger partial charge on any atom is 0.257 e. The van der Waals surface area contributed by atoms with Gasteiger partial charge >= 0.3 is 0 Å². The average Bonchev–Trinajstić information content (AvgIpc) is 3.35. The van der Waals surface area contributed by atoms with E-state index in [1.54, 1.807) is 24.3 Å². The Balaban J connectivity index is 1.24. The number of hydrogen-bond acceptors (Lipinski definition) is 4.